The van der Waals surface area contributed by atoms with E-state index in [1.807, 2.05) is 69.4 Å². The lowest BCUT2D eigenvalue weighted by molar-refractivity contribution is 0.0755. The zero-order valence-electron chi connectivity index (χ0n) is 20.3. The van der Waals surface area contributed by atoms with Crippen molar-refractivity contribution in [1.82, 2.24) is 14.9 Å². The zero-order valence-corrected chi connectivity index (χ0v) is 21.0. The highest BCUT2D eigenvalue weighted by molar-refractivity contribution is 6.30. The highest BCUT2D eigenvalue weighted by Gasteiger charge is 2.19. The summed E-state index contributed by atoms with van der Waals surface area (Å²) in [5.74, 6) is 1.09. The van der Waals surface area contributed by atoms with Crippen LogP contribution in [-0.2, 0) is 11.3 Å². The SMILES string of the molecule is CC(C)N(C)C(=O)c1cc(Nc2nccc(NCc3cccc(Cl)c3)n2)cc(N2CCOCC2)c1. The first-order valence-electron chi connectivity index (χ1n) is 11.7. The van der Waals surface area contributed by atoms with Gasteiger partial charge in [-0.25, -0.2) is 4.98 Å². The molecule has 1 aromatic heterocycles. The Morgan fingerprint density at radius 2 is 1.97 bits per heavy atom. The van der Waals surface area contributed by atoms with Crippen molar-refractivity contribution in [1.29, 1.82) is 0 Å². The van der Waals surface area contributed by atoms with E-state index in [4.69, 9.17) is 16.3 Å². The molecular formula is C26H31ClN6O2. The van der Waals surface area contributed by atoms with Crippen LogP contribution >= 0.6 is 11.6 Å². The van der Waals surface area contributed by atoms with Gasteiger partial charge in [0.1, 0.15) is 5.82 Å². The number of carbonyl (C=O) groups is 1. The predicted molar refractivity (Wildman–Crippen MR) is 141 cm³/mol. The number of rotatable bonds is 8. The summed E-state index contributed by atoms with van der Waals surface area (Å²) in [5.41, 5.74) is 3.39. The van der Waals surface area contributed by atoms with Gasteiger partial charge in [-0.05, 0) is 55.8 Å². The number of hydrogen-bond acceptors (Lipinski definition) is 7. The molecule has 1 fully saturated rings. The van der Waals surface area contributed by atoms with Gasteiger partial charge in [-0.15, -0.1) is 0 Å². The number of hydrogen-bond donors (Lipinski definition) is 2. The molecule has 0 radical (unpaired) electrons. The fourth-order valence-corrected chi connectivity index (χ4v) is 3.95. The molecule has 1 aliphatic heterocycles. The Balaban J connectivity index is 1.56. The summed E-state index contributed by atoms with van der Waals surface area (Å²) >= 11 is 6.08. The Morgan fingerprint density at radius 3 is 2.71 bits per heavy atom. The maximum absolute atomic E-state index is 13.1. The molecule has 0 aliphatic carbocycles. The van der Waals surface area contributed by atoms with E-state index >= 15 is 0 Å². The topological polar surface area (TPSA) is 82.6 Å². The average Bonchev–Trinajstić information content (AvgIpc) is 2.87. The third-order valence-electron chi connectivity index (χ3n) is 5.91. The first-order chi connectivity index (χ1) is 16.9. The zero-order chi connectivity index (χ0) is 24.8. The molecule has 2 aromatic carbocycles. The highest BCUT2D eigenvalue weighted by Crippen LogP contribution is 2.26. The molecule has 35 heavy (non-hydrogen) atoms. The summed E-state index contributed by atoms with van der Waals surface area (Å²) in [4.78, 5) is 26.1. The molecule has 4 rings (SSSR count). The number of carbonyl (C=O) groups excluding carboxylic acids is 1. The second kappa shape index (κ2) is 11.4. The number of halogens is 1. The van der Waals surface area contributed by atoms with E-state index in [9.17, 15) is 4.79 Å². The van der Waals surface area contributed by atoms with Crippen molar-refractivity contribution >= 4 is 40.6 Å². The molecule has 0 bridgehead atoms. The van der Waals surface area contributed by atoms with Gasteiger partial charge in [-0.1, -0.05) is 23.7 Å². The van der Waals surface area contributed by atoms with Crippen LogP contribution in [0, 0.1) is 0 Å². The minimum atomic E-state index is -0.0315. The van der Waals surface area contributed by atoms with Gasteiger partial charge in [0.15, 0.2) is 0 Å². The number of anilines is 4. The standard InChI is InChI=1S/C26H31ClN6O2/c1-18(2)32(3)25(34)20-14-22(16-23(15-20)33-9-11-35-12-10-33)30-26-28-8-7-24(31-26)29-17-19-5-4-6-21(27)13-19/h4-8,13-16,18H,9-12,17H2,1-3H3,(H2,28,29,30,31). The van der Waals surface area contributed by atoms with Gasteiger partial charge in [-0.3, -0.25) is 4.79 Å². The van der Waals surface area contributed by atoms with E-state index < -0.39 is 0 Å². The monoisotopic (exact) mass is 494 g/mol. The van der Waals surface area contributed by atoms with Gasteiger partial charge in [0, 0.05) is 60.9 Å². The number of morpholine rings is 1. The van der Waals surface area contributed by atoms with E-state index in [-0.39, 0.29) is 11.9 Å². The maximum atomic E-state index is 13.1. The smallest absolute Gasteiger partial charge is 0.253 e. The third kappa shape index (κ3) is 6.61. The summed E-state index contributed by atoms with van der Waals surface area (Å²) < 4.78 is 5.50. The fraction of sp³-hybridized carbons (Fsp3) is 0.346. The van der Waals surface area contributed by atoms with Crippen molar-refractivity contribution in [3.8, 4) is 0 Å². The van der Waals surface area contributed by atoms with Crippen LogP contribution in [0.5, 0.6) is 0 Å². The molecule has 9 heteroatoms. The average molecular weight is 495 g/mol. The molecule has 0 saturated carbocycles. The van der Waals surface area contributed by atoms with Crippen molar-refractivity contribution in [2.45, 2.75) is 26.4 Å². The Labute approximate surface area is 211 Å². The molecule has 1 amide bonds. The molecule has 2 heterocycles. The van der Waals surface area contributed by atoms with Crippen molar-refractivity contribution in [3.63, 3.8) is 0 Å². The summed E-state index contributed by atoms with van der Waals surface area (Å²) in [7, 11) is 1.82. The predicted octanol–water partition coefficient (Wildman–Crippen LogP) is 4.80. The van der Waals surface area contributed by atoms with Crippen molar-refractivity contribution in [2.75, 3.05) is 48.9 Å². The van der Waals surface area contributed by atoms with Gasteiger partial charge in [0.25, 0.3) is 5.91 Å². The fourth-order valence-electron chi connectivity index (χ4n) is 3.74. The third-order valence-corrected chi connectivity index (χ3v) is 6.15. The van der Waals surface area contributed by atoms with Crippen LogP contribution in [0.15, 0.2) is 54.7 Å². The van der Waals surface area contributed by atoms with Gasteiger partial charge < -0.3 is 25.2 Å². The van der Waals surface area contributed by atoms with Crippen LogP contribution in [0.2, 0.25) is 5.02 Å². The van der Waals surface area contributed by atoms with Crippen molar-refractivity contribution < 1.29 is 9.53 Å². The van der Waals surface area contributed by atoms with Crippen LogP contribution in [0.25, 0.3) is 0 Å². The number of ether oxygens (including phenoxy) is 1. The first-order valence-corrected chi connectivity index (χ1v) is 12.1. The lowest BCUT2D eigenvalue weighted by Gasteiger charge is -2.30. The van der Waals surface area contributed by atoms with Crippen molar-refractivity contribution in [2.24, 2.45) is 0 Å². The lowest BCUT2D eigenvalue weighted by Crippen LogP contribution is -2.37. The number of amides is 1. The van der Waals surface area contributed by atoms with E-state index in [1.165, 1.54) is 0 Å². The van der Waals surface area contributed by atoms with Crippen LogP contribution in [-0.4, -0.2) is 60.2 Å². The summed E-state index contributed by atoms with van der Waals surface area (Å²) in [5, 5.41) is 7.28. The molecule has 3 aromatic rings. The Morgan fingerprint density at radius 1 is 1.17 bits per heavy atom. The molecule has 1 saturated heterocycles. The summed E-state index contributed by atoms with van der Waals surface area (Å²) in [6.07, 6.45) is 1.69. The molecular weight excluding hydrogens is 464 g/mol. The van der Waals surface area contributed by atoms with Crippen LogP contribution in [0.3, 0.4) is 0 Å². The minimum Gasteiger partial charge on any atom is -0.378 e. The number of nitrogens with one attached hydrogen (secondary N) is 2. The number of benzene rings is 2. The minimum absolute atomic E-state index is 0.0315. The van der Waals surface area contributed by atoms with Crippen LogP contribution < -0.4 is 15.5 Å². The van der Waals surface area contributed by atoms with E-state index in [0.29, 0.717) is 42.1 Å². The van der Waals surface area contributed by atoms with Crippen LogP contribution in [0.4, 0.5) is 23.1 Å². The number of aromatic nitrogens is 2. The van der Waals surface area contributed by atoms with Gasteiger partial charge >= 0.3 is 0 Å². The largest absolute Gasteiger partial charge is 0.378 e. The first kappa shape index (κ1) is 24.8. The van der Waals surface area contributed by atoms with E-state index in [1.54, 1.807) is 11.1 Å². The second-order valence-corrected chi connectivity index (χ2v) is 9.19. The summed E-state index contributed by atoms with van der Waals surface area (Å²) in [6.45, 7) is 7.46. The quantitative estimate of drug-likeness (QED) is 0.465. The molecule has 0 unspecified atom stereocenters. The summed E-state index contributed by atoms with van der Waals surface area (Å²) in [6, 6.07) is 15.4. The Bertz CT molecular complexity index is 1170. The Kier molecular flexibility index (Phi) is 8.05. The second-order valence-electron chi connectivity index (χ2n) is 8.75. The van der Waals surface area contributed by atoms with Crippen LogP contribution in [0.1, 0.15) is 29.8 Å². The van der Waals surface area contributed by atoms with E-state index in [0.717, 1.165) is 30.0 Å². The van der Waals surface area contributed by atoms with E-state index in [2.05, 4.69) is 25.5 Å². The normalized spacial score (nSPS) is 13.6. The molecule has 0 atom stereocenters. The molecule has 184 valence electrons. The molecule has 2 N–H and O–H groups in total. The Hall–Kier alpha value is -3.36. The lowest BCUT2D eigenvalue weighted by atomic mass is 10.1. The number of nitrogens with zero attached hydrogens (tertiary/aromatic N) is 4. The molecule has 8 nitrogen and oxygen atoms in total. The highest BCUT2D eigenvalue weighted by atomic mass is 35.5. The van der Waals surface area contributed by atoms with Gasteiger partial charge in [-0.2, -0.15) is 4.98 Å². The maximum Gasteiger partial charge on any atom is 0.253 e. The van der Waals surface area contributed by atoms with Crippen molar-refractivity contribution in [3.05, 3.63) is 70.9 Å². The molecule has 1 aliphatic rings. The van der Waals surface area contributed by atoms with Gasteiger partial charge in [0.2, 0.25) is 5.95 Å². The molecule has 0 spiro atoms. The van der Waals surface area contributed by atoms with Gasteiger partial charge in [0.05, 0.1) is 13.2 Å².